The van der Waals surface area contributed by atoms with Gasteiger partial charge in [-0.1, -0.05) is 88.4 Å². The topological polar surface area (TPSA) is 108 Å². The fourth-order valence-corrected chi connectivity index (χ4v) is 8.55. The van der Waals surface area contributed by atoms with Crippen LogP contribution in [0.25, 0.3) is 0 Å². The highest BCUT2D eigenvalue weighted by molar-refractivity contribution is 5.99. The van der Waals surface area contributed by atoms with Crippen molar-refractivity contribution < 1.29 is 24.2 Å². The number of likely N-dealkylation sites (tertiary alicyclic amines) is 1. The summed E-state index contributed by atoms with van der Waals surface area (Å²) in [7, 11) is 0. The fraction of sp³-hybridized carbons (Fsp3) is 0.583. The Morgan fingerprint density at radius 3 is 2.16 bits per heavy atom. The highest BCUT2D eigenvalue weighted by Gasteiger charge is 2.79. The maximum atomic E-state index is 14.7. The molecule has 8 nitrogen and oxygen atoms in total. The predicted octanol–water partition coefficient (Wildman–Crippen LogP) is 4.39. The zero-order chi connectivity index (χ0) is 31.9. The molecule has 3 N–H and O–H groups in total. The molecule has 44 heavy (non-hydrogen) atoms. The molecule has 0 saturated carbocycles. The lowest BCUT2D eigenvalue weighted by Gasteiger charge is -2.40. The van der Waals surface area contributed by atoms with Gasteiger partial charge in [0.05, 0.1) is 30.1 Å². The van der Waals surface area contributed by atoms with Crippen molar-refractivity contribution in [1.82, 2.24) is 15.5 Å². The number of nitrogens with zero attached hydrogens (tertiary/aromatic N) is 1. The SMILES string of the molecule is CC[C@@]12CCC3(O1)C(C(=O)NC(C)(C)CC(C)(C)C)N([C@@H](CO)Cc1ccccc1)C(=O)[C@@H]3[C@@H]2C(=O)NCc1ccccc1. The van der Waals surface area contributed by atoms with E-state index in [1.807, 2.05) is 81.4 Å². The van der Waals surface area contributed by atoms with Crippen molar-refractivity contribution in [3.8, 4) is 0 Å². The van der Waals surface area contributed by atoms with Gasteiger partial charge >= 0.3 is 0 Å². The van der Waals surface area contributed by atoms with Crippen molar-refractivity contribution in [1.29, 1.82) is 0 Å². The van der Waals surface area contributed by atoms with Crippen LogP contribution in [0.3, 0.4) is 0 Å². The van der Waals surface area contributed by atoms with E-state index >= 15 is 0 Å². The summed E-state index contributed by atoms with van der Waals surface area (Å²) in [6, 6.07) is 17.7. The number of ether oxygens (including phenoxy) is 1. The van der Waals surface area contributed by atoms with Gasteiger partial charge in [-0.2, -0.15) is 0 Å². The van der Waals surface area contributed by atoms with E-state index in [2.05, 4.69) is 31.4 Å². The molecule has 3 fully saturated rings. The van der Waals surface area contributed by atoms with Crippen LogP contribution in [0.15, 0.2) is 60.7 Å². The molecule has 1 spiro atoms. The van der Waals surface area contributed by atoms with Gasteiger partial charge in [0.2, 0.25) is 17.7 Å². The summed E-state index contributed by atoms with van der Waals surface area (Å²) < 4.78 is 6.94. The lowest BCUT2D eigenvalue weighted by Crippen LogP contribution is -2.61. The van der Waals surface area contributed by atoms with Gasteiger partial charge in [0.15, 0.2) is 0 Å². The number of aliphatic hydroxyl groups excluding tert-OH is 1. The van der Waals surface area contributed by atoms with Crippen molar-refractivity contribution in [2.75, 3.05) is 6.61 Å². The van der Waals surface area contributed by atoms with Crippen molar-refractivity contribution >= 4 is 17.7 Å². The molecule has 2 aromatic rings. The normalized spacial score (nSPS) is 28.6. The second kappa shape index (κ2) is 11.9. The van der Waals surface area contributed by atoms with E-state index in [9.17, 15) is 19.5 Å². The Labute approximate surface area is 261 Å². The van der Waals surface area contributed by atoms with Crippen LogP contribution in [0, 0.1) is 17.3 Å². The zero-order valence-corrected chi connectivity index (χ0v) is 27.1. The lowest BCUT2D eigenvalue weighted by atomic mass is 9.65. The molecule has 2 unspecified atom stereocenters. The van der Waals surface area contributed by atoms with E-state index < -0.39 is 40.7 Å². The minimum Gasteiger partial charge on any atom is -0.394 e. The number of aliphatic hydroxyl groups is 1. The van der Waals surface area contributed by atoms with Gasteiger partial charge in [-0.05, 0) is 62.5 Å². The number of hydrogen-bond donors (Lipinski definition) is 3. The van der Waals surface area contributed by atoms with Crippen molar-refractivity contribution in [2.24, 2.45) is 17.3 Å². The molecule has 8 heteroatoms. The number of rotatable bonds is 11. The quantitative estimate of drug-likeness (QED) is 0.353. The molecule has 3 aliphatic heterocycles. The summed E-state index contributed by atoms with van der Waals surface area (Å²) >= 11 is 0. The van der Waals surface area contributed by atoms with Crippen LogP contribution >= 0.6 is 0 Å². The van der Waals surface area contributed by atoms with E-state index in [1.54, 1.807) is 4.90 Å². The molecule has 0 aliphatic carbocycles. The van der Waals surface area contributed by atoms with Gasteiger partial charge in [0.25, 0.3) is 0 Å². The molecular weight excluding hydrogens is 554 g/mol. The maximum Gasteiger partial charge on any atom is 0.246 e. The summed E-state index contributed by atoms with van der Waals surface area (Å²) in [4.78, 5) is 44.8. The molecule has 3 heterocycles. The van der Waals surface area contributed by atoms with Crippen LogP contribution in [0.4, 0.5) is 0 Å². The summed E-state index contributed by atoms with van der Waals surface area (Å²) in [5.74, 6) is -2.37. The number of carbonyl (C=O) groups is 3. The van der Waals surface area contributed by atoms with Crippen molar-refractivity contribution in [2.45, 2.75) is 109 Å². The molecule has 2 bridgehead atoms. The van der Waals surface area contributed by atoms with Crippen LogP contribution in [0.2, 0.25) is 0 Å². The van der Waals surface area contributed by atoms with Crippen LogP contribution in [0.5, 0.6) is 0 Å². The number of fused-ring (bicyclic) bond motifs is 1. The Morgan fingerprint density at radius 1 is 0.977 bits per heavy atom. The van der Waals surface area contributed by atoms with Crippen LogP contribution in [-0.2, 0) is 32.1 Å². The molecule has 3 aliphatic rings. The minimum absolute atomic E-state index is 0.0414. The lowest BCUT2D eigenvalue weighted by molar-refractivity contribution is -0.151. The Morgan fingerprint density at radius 2 is 1.59 bits per heavy atom. The van der Waals surface area contributed by atoms with Gasteiger partial charge in [0.1, 0.15) is 11.6 Å². The monoisotopic (exact) mass is 603 g/mol. The van der Waals surface area contributed by atoms with Crippen molar-refractivity contribution in [3.63, 3.8) is 0 Å². The summed E-state index contributed by atoms with van der Waals surface area (Å²) in [5.41, 5.74) is -0.674. The Balaban J connectivity index is 1.53. The van der Waals surface area contributed by atoms with E-state index in [-0.39, 0.29) is 29.7 Å². The van der Waals surface area contributed by atoms with Gasteiger partial charge in [0, 0.05) is 12.1 Å². The fourth-order valence-electron chi connectivity index (χ4n) is 8.55. The number of benzene rings is 2. The standard InChI is InChI=1S/C36H49N3O5/c1-7-35-18-19-36(44-35)28(27(35)30(41)37-21-25-16-12-9-13-17-25)32(43)39(26(22-40)20-24-14-10-8-11-15-24)29(36)31(42)38-34(5,6)23-33(2,3)4/h8-17,26-29,40H,7,18-23H2,1-6H3,(H,37,41)(H,38,42)/t26-,27-,28+,29?,35+,36?/m1/s1. The third kappa shape index (κ3) is 5.91. The van der Waals surface area contributed by atoms with Gasteiger partial charge in [-0.3, -0.25) is 14.4 Å². The van der Waals surface area contributed by atoms with E-state index in [1.165, 1.54) is 0 Å². The second-order valence-corrected chi connectivity index (χ2v) is 14.9. The van der Waals surface area contributed by atoms with E-state index in [0.717, 1.165) is 17.5 Å². The average Bonchev–Trinajstić information content (AvgIpc) is 3.57. The van der Waals surface area contributed by atoms with Gasteiger partial charge in [-0.25, -0.2) is 0 Å². The smallest absolute Gasteiger partial charge is 0.246 e. The summed E-state index contributed by atoms with van der Waals surface area (Å²) in [6.07, 6.45) is 2.74. The third-order valence-corrected chi connectivity index (χ3v) is 9.81. The van der Waals surface area contributed by atoms with E-state index in [0.29, 0.717) is 32.2 Å². The molecule has 0 radical (unpaired) electrons. The molecule has 238 valence electrons. The highest BCUT2D eigenvalue weighted by Crippen LogP contribution is 2.64. The largest absolute Gasteiger partial charge is 0.394 e. The third-order valence-electron chi connectivity index (χ3n) is 9.81. The molecule has 6 atom stereocenters. The summed E-state index contributed by atoms with van der Waals surface area (Å²) in [5, 5.41) is 17.1. The maximum absolute atomic E-state index is 14.7. The Bertz CT molecular complexity index is 1360. The number of carbonyl (C=O) groups excluding carboxylic acids is 3. The first-order valence-corrected chi connectivity index (χ1v) is 16.1. The van der Waals surface area contributed by atoms with Gasteiger partial charge < -0.3 is 25.4 Å². The van der Waals surface area contributed by atoms with E-state index in [4.69, 9.17) is 4.74 Å². The van der Waals surface area contributed by atoms with Gasteiger partial charge in [-0.15, -0.1) is 0 Å². The minimum atomic E-state index is -1.16. The Hall–Kier alpha value is -3.23. The summed E-state index contributed by atoms with van der Waals surface area (Å²) in [6.45, 7) is 12.4. The number of hydrogen-bond acceptors (Lipinski definition) is 5. The predicted molar refractivity (Wildman–Crippen MR) is 169 cm³/mol. The molecular formula is C36H49N3O5. The van der Waals surface area contributed by atoms with Crippen molar-refractivity contribution in [3.05, 3.63) is 71.8 Å². The number of amides is 3. The average molecular weight is 604 g/mol. The first-order valence-electron chi connectivity index (χ1n) is 16.1. The first kappa shape index (κ1) is 32.2. The number of nitrogens with one attached hydrogen (secondary N) is 2. The molecule has 3 amide bonds. The Kier molecular flexibility index (Phi) is 8.73. The van der Waals surface area contributed by atoms with Crippen LogP contribution < -0.4 is 10.6 Å². The first-order chi connectivity index (χ1) is 20.8. The molecule has 3 saturated heterocycles. The zero-order valence-electron chi connectivity index (χ0n) is 27.1. The molecule has 5 rings (SSSR count). The van der Waals surface area contributed by atoms with Crippen LogP contribution in [0.1, 0.15) is 78.4 Å². The highest BCUT2D eigenvalue weighted by atomic mass is 16.5. The molecule has 0 aromatic heterocycles. The van der Waals surface area contributed by atoms with Crippen LogP contribution in [-0.4, -0.2) is 63.2 Å². The second-order valence-electron chi connectivity index (χ2n) is 14.9. The molecule has 2 aromatic carbocycles.